The van der Waals surface area contributed by atoms with Gasteiger partial charge in [0, 0.05) is 18.1 Å². The van der Waals surface area contributed by atoms with Crippen LogP contribution in [0.15, 0.2) is 48.8 Å². The van der Waals surface area contributed by atoms with E-state index in [9.17, 15) is 9.18 Å². The number of benzene rings is 1. The number of rotatable bonds is 5. The predicted molar refractivity (Wildman–Crippen MR) is 99.2 cm³/mol. The molecule has 1 N–H and O–H groups in total. The molecule has 3 aromatic rings. The van der Waals surface area contributed by atoms with E-state index < -0.39 is 0 Å². The van der Waals surface area contributed by atoms with Crippen LogP contribution in [0.4, 0.5) is 4.39 Å². The molecule has 0 saturated heterocycles. The monoisotopic (exact) mass is 365 g/mol. The number of fused-ring (bicyclic) bond motifs is 1. The summed E-state index contributed by atoms with van der Waals surface area (Å²) >= 11 is 0. The third kappa shape index (κ3) is 3.72. The van der Waals surface area contributed by atoms with Crippen LogP contribution < -0.4 is 5.32 Å². The van der Waals surface area contributed by atoms with Crippen LogP contribution in [0.1, 0.15) is 38.1 Å². The van der Waals surface area contributed by atoms with Crippen LogP contribution in [-0.4, -0.2) is 25.5 Å². The second-order valence-corrected chi connectivity index (χ2v) is 6.79. The first-order valence-electron chi connectivity index (χ1n) is 9.03. The van der Waals surface area contributed by atoms with Crippen molar-refractivity contribution in [3.05, 3.63) is 60.5 Å². The first-order valence-corrected chi connectivity index (χ1v) is 9.03. The van der Waals surface area contributed by atoms with Gasteiger partial charge in [-0.25, -0.2) is 18.9 Å². The van der Waals surface area contributed by atoms with Gasteiger partial charge < -0.3 is 5.32 Å². The van der Waals surface area contributed by atoms with E-state index in [2.05, 4.69) is 32.5 Å². The maximum atomic E-state index is 14.0. The van der Waals surface area contributed by atoms with E-state index in [0.717, 1.165) is 12.8 Å². The zero-order chi connectivity index (χ0) is 18.8. The number of carbonyl (C=O) groups is 1. The molecule has 1 unspecified atom stereocenters. The maximum Gasteiger partial charge on any atom is 0.221 e. The second-order valence-electron chi connectivity index (χ2n) is 6.79. The van der Waals surface area contributed by atoms with E-state index in [4.69, 9.17) is 0 Å². The summed E-state index contributed by atoms with van der Waals surface area (Å²) in [6.45, 7) is 1.85. The van der Waals surface area contributed by atoms with Crippen molar-refractivity contribution >= 4 is 11.6 Å². The highest BCUT2D eigenvalue weighted by Gasteiger charge is 2.19. The summed E-state index contributed by atoms with van der Waals surface area (Å²) in [6.07, 6.45) is 8.27. The zero-order valence-electron chi connectivity index (χ0n) is 15.0. The van der Waals surface area contributed by atoms with E-state index in [0.29, 0.717) is 35.1 Å². The molecule has 2 aromatic heterocycles. The molecule has 1 aliphatic rings. The lowest BCUT2D eigenvalue weighted by Gasteiger charge is -2.12. The van der Waals surface area contributed by atoms with Crippen LogP contribution in [0.25, 0.3) is 16.9 Å². The van der Waals surface area contributed by atoms with Crippen LogP contribution in [0, 0.1) is 11.7 Å². The number of nitrogens with one attached hydrogen (secondary N) is 1. The minimum Gasteiger partial charge on any atom is -0.346 e. The Morgan fingerprint density at radius 2 is 2.26 bits per heavy atom. The average Bonchev–Trinajstić information content (AvgIpc) is 3.30. The van der Waals surface area contributed by atoms with Gasteiger partial charge in [-0.2, -0.15) is 0 Å². The van der Waals surface area contributed by atoms with Gasteiger partial charge in [-0.1, -0.05) is 24.3 Å². The fourth-order valence-corrected chi connectivity index (χ4v) is 3.28. The van der Waals surface area contributed by atoms with Crippen LogP contribution in [-0.2, 0) is 4.79 Å². The SMILES string of the molecule is C[C@H](NC(=O)CC1C=CCC1)c1nc2cc(-c3ccccc3F)ncn2n1. The van der Waals surface area contributed by atoms with E-state index >= 15 is 0 Å². The molecule has 0 aliphatic heterocycles. The summed E-state index contributed by atoms with van der Waals surface area (Å²) in [6, 6.07) is 7.83. The number of halogens is 1. The van der Waals surface area contributed by atoms with Gasteiger partial charge >= 0.3 is 0 Å². The van der Waals surface area contributed by atoms with Crippen molar-refractivity contribution in [2.24, 2.45) is 5.92 Å². The molecule has 4 rings (SSSR count). The van der Waals surface area contributed by atoms with Gasteiger partial charge in [0.25, 0.3) is 0 Å². The zero-order valence-corrected chi connectivity index (χ0v) is 15.0. The maximum absolute atomic E-state index is 14.0. The highest BCUT2D eigenvalue weighted by Crippen LogP contribution is 2.22. The first-order chi connectivity index (χ1) is 13.1. The molecule has 1 aromatic carbocycles. The van der Waals surface area contributed by atoms with Crippen molar-refractivity contribution in [3.63, 3.8) is 0 Å². The lowest BCUT2D eigenvalue weighted by Crippen LogP contribution is -2.28. The Morgan fingerprint density at radius 3 is 3.04 bits per heavy atom. The Labute approximate surface area is 156 Å². The fourth-order valence-electron chi connectivity index (χ4n) is 3.28. The minimum absolute atomic E-state index is 0.0110. The van der Waals surface area contributed by atoms with Crippen molar-refractivity contribution in [1.29, 1.82) is 0 Å². The number of hydrogen-bond acceptors (Lipinski definition) is 4. The average molecular weight is 365 g/mol. The lowest BCUT2D eigenvalue weighted by molar-refractivity contribution is -0.122. The molecule has 0 fully saturated rings. The van der Waals surface area contributed by atoms with Gasteiger partial charge in [-0.3, -0.25) is 4.79 Å². The predicted octanol–water partition coefficient (Wildman–Crippen LogP) is 3.46. The van der Waals surface area contributed by atoms with Crippen molar-refractivity contribution in [2.75, 3.05) is 0 Å². The summed E-state index contributed by atoms with van der Waals surface area (Å²) in [5.74, 6) is 0.468. The number of nitrogens with zero attached hydrogens (tertiary/aromatic N) is 4. The molecule has 2 heterocycles. The summed E-state index contributed by atoms with van der Waals surface area (Å²) in [5, 5.41) is 7.32. The Hall–Kier alpha value is -3.09. The van der Waals surface area contributed by atoms with Crippen LogP contribution >= 0.6 is 0 Å². The highest BCUT2D eigenvalue weighted by molar-refractivity contribution is 5.76. The fraction of sp³-hybridized carbons (Fsp3) is 0.300. The molecule has 6 nitrogen and oxygen atoms in total. The van der Waals surface area contributed by atoms with Crippen molar-refractivity contribution < 1.29 is 9.18 Å². The molecular weight excluding hydrogens is 345 g/mol. The molecule has 1 aliphatic carbocycles. The molecule has 0 radical (unpaired) electrons. The standard InChI is InChI=1S/C20H20FN5O/c1-13(23-19(27)10-14-6-2-3-7-14)20-24-18-11-17(22-12-26(18)25-20)15-8-4-5-9-16(15)21/h2,4-6,8-9,11-14H,3,7,10H2,1H3,(H,23,27)/t13-,14?/m0/s1. The number of hydrogen-bond donors (Lipinski definition) is 1. The second kappa shape index (κ2) is 7.26. The molecule has 0 bridgehead atoms. The van der Waals surface area contributed by atoms with E-state index in [1.165, 1.54) is 16.9 Å². The van der Waals surface area contributed by atoms with Crippen LogP contribution in [0.2, 0.25) is 0 Å². The molecule has 7 heteroatoms. The molecule has 0 saturated carbocycles. The number of aromatic nitrogens is 4. The van der Waals surface area contributed by atoms with Crippen LogP contribution in [0.3, 0.4) is 0 Å². The largest absolute Gasteiger partial charge is 0.346 e. The number of amides is 1. The van der Waals surface area contributed by atoms with Gasteiger partial charge in [0.15, 0.2) is 11.5 Å². The molecule has 138 valence electrons. The normalized spacial score (nSPS) is 17.3. The molecule has 2 atom stereocenters. The smallest absolute Gasteiger partial charge is 0.221 e. The quantitative estimate of drug-likeness (QED) is 0.703. The molecule has 1 amide bonds. The lowest BCUT2D eigenvalue weighted by atomic mass is 10.0. The Balaban J connectivity index is 1.51. The Bertz CT molecular complexity index is 1010. The molecule has 0 spiro atoms. The summed E-state index contributed by atoms with van der Waals surface area (Å²) in [5.41, 5.74) is 1.46. The highest BCUT2D eigenvalue weighted by atomic mass is 19.1. The van der Waals surface area contributed by atoms with Crippen molar-refractivity contribution in [3.8, 4) is 11.3 Å². The minimum atomic E-state index is -0.337. The van der Waals surface area contributed by atoms with E-state index in [1.54, 1.807) is 24.3 Å². The summed E-state index contributed by atoms with van der Waals surface area (Å²) in [7, 11) is 0. The Morgan fingerprint density at radius 1 is 1.41 bits per heavy atom. The number of carbonyl (C=O) groups excluding carboxylic acids is 1. The molecular formula is C20H20FN5O. The Kier molecular flexibility index (Phi) is 4.66. The summed E-state index contributed by atoms with van der Waals surface area (Å²) in [4.78, 5) is 21.0. The third-order valence-corrected chi connectivity index (χ3v) is 4.72. The molecule has 27 heavy (non-hydrogen) atoms. The topological polar surface area (TPSA) is 72.2 Å². The summed E-state index contributed by atoms with van der Waals surface area (Å²) < 4.78 is 15.5. The van der Waals surface area contributed by atoms with Gasteiger partial charge in [-0.15, -0.1) is 5.10 Å². The van der Waals surface area contributed by atoms with Gasteiger partial charge in [0.1, 0.15) is 12.1 Å². The number of allylic oxidation sites excluding steroid dienone is 2. The van der Waals surface area contributed by atoms with E-state index in [-0.39, 0.29) is 17.8 Å². The van der Waals surface area contributed by atoms with E-state index in [1.807, 2.05) is 6.92 Å². The van der Waals surface area contributed by atoms with Crippen LogP contribution in [0.5, 0.6) is 0 Å². The third-order valence-electron chi connectivity index (χ3n) is 4.72. The van der Waals surface area contributed by atoms with Gasteiger partial charge in [0.2, 0.25) is 5.91 Å². The van der Waals surface area contributed by atoms with Gasteiger partial charge in [-0.05, 0) is 37.8 Å². The van der Waals surface area contributed by atoms with Crippen molar-refractivity contribution in [2.45, 2.75) is 32.2 Å². The first kappa shape index (κ1) is 17.3. The van der Waals surface area contributed by atoms with Gasteiger partial charge in [0.05, 0.1) is 11.7 Å². The van der Waals surface area contributed by atoms with Crippen molar-refractivity contribution in [1.82, 2.24) is 24.9 Å².